The number of ether oxygens (including phenoxy) is 10. The number of carbonyl (C=O) groups is 3. The van der Waals surface area contributed by atoms with Crippen molar-refractivity contribution in [1.82, 2.24) is 10.6 Å². The first-order valence-corrected chi connectivity index (χ1v) is 39.1. The summed E-state index contributed by atoms with van der Waals surface area (Å²) in [6, 6.07) is -3.03. The van der Waals surface area contributed by atoms with Crippen LogP contribution in [-0.4, -0.2) is 321 Å². The highest BCUT2D eigenvalue weighted by Crippen LogP contribution is 2.41. The highest BCUT2D eigenvalue weighted by Gasteiger charge is 2.62. The van der Waals surface area contributed by atoms with Crippen LogP contribution in [0, 0.1) is 0 Å². The van der Waals surface area contributed by atoms with Gasteiger partial charge in [-0.05, 0) is 19.3 Å². The van der Waals surface area contributed by atoms with Gasteiger partial charge in [0.25, 0.3) is 5.79 Å². The number of hydrogen-bond donors (Lipinski definition) is 20. The molecule has 10 unspecified atom stereocenters. The molecule has 5 heterocycles. The molecule has 0 spiro atoms. The van der Waals surface area contributed by atoms with E-state index in [0.29, 0.717) is 12.8 Å². The summed E-state index contributed by atoms with van der Waals surface area (Å²) in [5.41, 5.74) is 0. The Bertz CT molecular complexity index is 2410. The van der Waals surface area contributed by atoms with Gasteiger partial charge in [0.2, 0.25) is 11.8 Å². The summed E-state index contributed by atoms with van der Waals surface area (Å²) in [7, 11) is 0. The van der Waals surface area contributed by atoms with Crippen molar-refractivity contribution in [3.05, 3.63) is 12.2 Å². The van der Waals surface area contributed by atoms with Gasteiger partial charge in [-0.2, -0.15) is 0 Å². The molecule has 5 aliphatic heterocycles. The fourth-order valence-electron chi connectivity index (χ4n) is 14.2. The fraction of sp³-hybridized carbons (Fsp3) is 0.932. The lowest BCUT2D eigenvalue weighted by atomic mass is 9.90. The van der Waals surface area contributed by atoms with Crippen LogP contribution < -0.4 is 10.6 Å². The van der Waals surface area contributed by atoms with Crippen LogP contribution in [0.1, 0.15) is 220 Å². The predicted octanol–water partition coefficient (Wildman–Crippen LogP) is -0.406. The minimum absolute atomic E-state index is 0.139. The summed E-state index contributed by atoms with van der Waals surface area (Å²) in [4.78, 5) is 40.2. The number of aliphatic hydroxyl groups is 17. The first-order valence-electron chi connectivity index (χ1n) is 39.1. The number of carboxylic acid groups (broad SMARTS) is 1. The van der Waals surface area contributed by atoms with E-state index in [9.17, 15) is 106 Å². The number of unbranched alkanes of at least 4 members (excludes halogenated alkanes) is 27. The largest absolute Gasteiger partial charge is 0.477 e. The van der Waals surface area contributed by atoms with Gasteiger partial charge in [-0.1, -0.05) is 193 Å². The van der Waals surface area contributed by atoms with Gasteiger partial charge in [-0.3, -0.25) is 9.59 Å². The Kier molecular flexibility index (Phi) is 44.4. The summed E-state index contributed by atoms with van der Waals surface area (Å²) in [5.74, 6) is -6.84. The SMILES string of the molecule is CCCCCCCCCCCCC/C=C/[C@@H](O)[C@H](CO[C@@H]1OC(CO)[C@@H](O[C@@H]2OC(CO)[C@H](O[C@@H]3OC(CO)[C@H](O)[C@H](O[C@@H]4OC(CO)[C@H](O)[C@H](O)C4O)C3NC(C)=O)[C@H](O[C@]3(C(=O)O)CC(O)[C@@H](O)C([C@H](O)[C@H](O)CO)O3)C2O)[C@H](O)C1O)NC(=O)CCCCCCCCCCCCCCCCCCC. The lowest BCUT2D eigenvalue weighted by Crippen LogP contribution is -2.71. The number of carboxylic acids is 1. The Balaban J connectivity index is 1.35. The van der Waals surface area contributed by atoms with Crippen molar-refractivity contribution >= 4 is 17.8 Å². The number of carbonyl (C=O) groups excluding carboxylic acids is 2. The zero-order chi connectivity index (χ0) is 77.9. The van der Waals surface area contributed by atoms with Gasteiger partial charge < -0.3 is 150 Å². The summed E-state index contributed by atoms with van der Waals surface area (Å²) >= 11 is 0. The second kappa shape index (κ2) is 50.2. The summed E-state index contributed by atoms with van der Waals surface area (Å²) in [6.07, 6.45) is -16.2. The van der Waals surface area contributed by atoms with E-state index in [4.69, 9.17) is 47.4 Å². The van der Waals surface area contributed by atoms with Crippen LogP contribution in [0.3, 0.4) is 0 Å². The maximum atomic E-state index is 13.6. The third kappa shape index (κ3) is 28.9. The third-order valence-corrected chi connectivity index (χ3v) is 20.7. The van der Waals surface area contributed by atoms with Gasteiger partial charge in [0.15, 0.2) is 25.2 Å². The Morgan fingerprint density at radius 1 is 0.491 bits per heavy atom. The van der Waals surface area contributed by atoms with Crippen LogP contribution in [0.5, 0.6) is 0 Å². The zero-order valence-electron chi connectivity index (χ0n) is 62.3. The van der Waals surface area contributed by atoms with E-state index in [0.717, 1.165) is 58.3 Å². The molecule has 0 aromatic heterocycles. The number of rotatable bonds is 53. The number of aliphatic hydroxyl groups excluding tert-OH is 17. The maximum absolute atomic E-state index is 13.6. The van der Waals surface area contributed by atoms with Crippen LogP contribution in [0.4, 0.5) is 0 Å². The molecule has 20 N–H and O–H groups in total. The molecule has 0 aromatic carbocycles. The molecule has 2 amide bonds. The first kappa shape index (κ1) is 93.7. The number of hydrogen-bond acceptors (Lipinski definition) is 30. The maximum Gasteiger partial charge on any atom is 0.364 e. The van der Waals surface area contributed by atoms with Crippen LogP contribution in [0.2, 0.25) is 0 Å². The summed E-state index contributed by atoms with van der Waals surface area (Å²) in [6.45, 7) is -0.619. The molecule has 33 heteroatoms. The third-order valence-electron chi connectivity index (χ3n) is 20.7. The molecular formula is C73H132N2O31. The van der Waals surface area contributed by atoms with Crippen LogP contribution in [-0.2, 0) is 61.8 Å². The van der Waals surface area contributed by atoms with Crippen molar-refractivity contribution in [2.45, 2.75) is 391 Å². The second-order valence-electron chi connectivity index (χ2n) is 29.2. The van der Waals surface area contributed by atoms with E-state index in [1.54, 1.807) is 6.08 Å². The molecule has 0 aliphatic carbocycles. The Morgan fingerprint density at radius 2 is 0.934 bits per heavy atom. The fourth-order valence-corrected chi connectivity index (χ4v) is 14.2. The molecule has 33 nitrogen and oxygen atoms in total. The highest BCUT2D eigenvalue weighted by molar-refractivity contribution is 5.76. The Labute approximate surface area is 622 Å². The highest BCUT2D eigenvalue weighted by atomic mass is 16.8. The van der Waals surface area contributed by atoms with Crippen molar-refractivity contribution < 1.29 is 154 Å². The number of allylic oxidation sites excluding steroid dienone is 1. The Morgan fingerprint density at radius 3 is 1.44 bits per heavy atom. The van der Waals surface area contributed by atoms with E-state index in [1.807, 2.05) is 6.08 Å². The van der Waals surface area contributed by atoms with Crippen molar-refractivity contribution in [1.29, 1.82) is 0 Å². The van der Waals surface area contributed by atoms with Gasteiger partial charge in [0, 0.05) is 19.8 Å². The number of nitrogens with one attached hydrogen (secondary N) is 2. The molecule has 28 atom stereocenters. The van der Waals surface area contributed by atoms with E-state index < -0.39 is 229 Å². The molecule has 106 heavy (non-hydrogen) atoms. The molecule has 0 radical (unpaired) electrons. The van der Waals surface area contributed by atoms with Gasteiger partial charge in [0.05, 0.1) is 57.9 Å². The molecule has 620 valence electrons. The lowest BCUT2D eigenvalue weighted by molar-refractivity contribution is -0.406. The molecule has 5 rings (SSSR count). The summed E-state index contributed by atoms with van der Waals surface area (Å²) in [5, 5.41) is 204. The van der Waals surface area contributed by atoms with Gasteiger partial charge in [-0.25, -0.2) is 4.79 Å². The average molecular weight is 1530 g/mol. The topological polar surface area (TPSA) is 532 Å². The zero-order valence-corrected chi connectivity index (χ0v) is 62.3. The molecular weight excluding hydrogens is 1400 g/mol. The van der Waals surface area contributed by atoms with Crippen molar-refractivity contribution in [3.8, 4) is 0 Å². The van der Waals surface area contributed by atoms with E-state index in [2.05, 4.69) is 24.5 Å². The Hall–Kier alpha value is -2.93. The minimum Gasteiger partial charge on any atom is -0.477 e. The van der Waals surface area contributed by atoms with Crippen LogP contribution >= 0.6 is 0 Å². The summed E-state index contributed by atoms with van der Waals surface area (Å²) < 4.78 is 59.6. The first-order chi connectivity index (χ1) is 50.9. The van der Waals surface area contributed by atoms with Crippen molar-refractivity contribution in [2.24, 2.45) is 0 Å². The normalized spacial score (nSPS) is 34.9. The van der Waals surface area contributed by atoms with Gasteiger partial charge in [0.1, 0.15) is 122 Å². The quantitative estimate of drug-likeness (QED) is 0.0272. The molecule has 5 aliphatic rings. The molecule has 5 fully saturated rings. The smallest absolute Gasteiger partial charge is 0.364 e. The molecule has 5 saturated heterocycles. The minimum atomic E-state index is -3.38. The lowest BCUT2D eigenvalue weighted by Gasteiger charge is -2.52. The van der Waals surface area contributed by atoms with E-state index in [1.165, 1.54) is 122 Å². The van der Waals surface area contributed by atoms with Crippen molar-refractivity contribution in [2.75, 3.05) is 39.6 Å². The predicted molar refractivity (Wildman–Crippen MR) is 376 cm³/mol. The van der Waals surface area contributed by atoms with E-state index >= 15 is 0 Å². The number of aliphatic carboxylic acids is 1. The van der Waals surface area contributed by atoms with Gasteiger partial charge in [-0.15, -0.1) is 0 Å². The second-order valence-corrected chi connectivity index (χ2v) is 29.2. The molecule has 0 saturated carbocycles. The average Bonchev–Trinajstić information content (AvgIpc) is 0.750. The van der Waals surface area contributed by atoms with Gasteiger partial charge >= 0.3 is 5.97 Å². The van der Waals surface area contributed by atoms with Crippen LogP contribution in [0.15, 0.2) is 12.2 Å². The molecule has 0 aromatic rings. The van der Waals surface area contributed by atoms with E-state index in [-0.39, 0.29) is 12.3 Å². The van der Waals surface area contributed by atoms with Crippen molar-refractivity contribution in [3.63, 3.8) is 0 Å². The van der Waals surface area contributed by atoms with Crippen LogP contribution in [0.25, 0.3) is 0 Å². The standard InChI is InChI=1S/C73H132N2O31/c1-4-6-8-10-12-14-16-18-19-20-21-23-25-27-29-31-33-35-52(85)75-44(45(82)34-32-30-28-26-24-22-17-15-13-11-9-7-5-2)42-97-69-61(93)59(91)63(50(40-79)100-69)102-71-62(94)67(106-73(72(95)96)36-46(83)54(86)66(105-73)55(87)47(84)37-76)64(51(41-80)101-71)103-68-53(74-43(3)81)65(57(89)49(39-78)98-68)104-70-60(92)58(90)56(88)48(38-77)99-70/h32,34,44-51,53-71,76-80,82-84,86-94H,4-31,33,35-42H2,1-3H3,(H,74,81)(H,75,85)(H,95,96)/b34-32+/t44-,45+,46?,47+,48?,49?,50?,51?,53?,54+,55+,56-,57-,58-,59+,60?,61?,62?,63+,64-,65+,66?,67+,68-,69+,70-,71-,73-/m0/s1. The number of amides is 2. The monoisotopic (exact) mass is 1530 g/mol. The molecule has 0 bridgehead atoms.